The molecule has 0 bridgehead atoms. The Morgan fingerprint density at radius 2 is 1.62 bits per heavy atom. The zero-order valence-corrected chi connectivity index (χ0v) is 20.9. The number of hydrogen-bond acceptors (Lipinski definition) is 4. The lowest BCUT2D eigenvalue weighted by Gasteiger charge is -2.14. The summed E-state index contributed by atoms with van der Waals surface area (Å²) in [7, 11) is 1.55. The predicted octanol–water partition coefficient (Wildman–Crippen LogP) is 3.66. The Balaban J connectivity index is 1.77. The van der Waals surface area contributed by atoms with Crippen LogP contribution in [0.2, 0.25) is 0 Å². The topological polar surface area (TPSA) is 88.3 Å². The van der Waals surface area contributed by atoms with Gasteiger partial charge in [0.25, 0.3) is 17.2 Å². The van der Waals surface area contributed by atoms with Crippen molar-refractivity contribution in [3.05, 3.63) is 106 Å². The van der Waals surface area contributed by atoms with Gasteiger partial charge in [-0.1, -0.05) is 31.5 Å². The van der Waals surface area contributed by atoms with E-state index in [4.69, 9.17) is 4.74 Å². The summed E-state index contributed by atoms with van der Waals surface area (Å²) in [6.45, 7) is 3.90. The first kappa shape index (κ1) is 24.0. The van der Waals surface area contributed by atoms with Gasteiger partial charge in [-0.25, -0.2) is 9.58 Å². The fourth-order valence-electron chi connectivity index (χ4n) is 4.61. The standard InChI is InChI=1S/C29H26N4O4/c1-4-9-23-24(28(35)33(30-23)21-11-6-5-7-12-21)25-26(31-17-8-10-19(2)18-31)29(36)32(27(25)34)20-13-15-22(37-3)16-14-20/h5-8,10-18H,4,9H2,1-3H3/p+1. The second-order valence-electron chi connectivity index (χ2n) is 8.85. The summed E-state index contributed by atoms with van der Waals surface area (Å²) in [5.41, 5.74) is 2.60. The maximum absolute atomic E-state index is 14.0. The van der Waals surface area contributed by atoms with Crippen LogP contribution in [0.1, 0.15) is 30.2 Å². The Morgan fingerprint density at radius 3 is 2.27 bits per heavy atom. The summed E-state index contributed by atoms with van der Waals surface area (Å²) >= 11 is 0. The van der Waals surface area contributed by atoms with Gasteiger partial charge in [-0.3, -0.25) is 19.5 Å². The molecule has 0 radical (unpaired) electrons. The largest absolute Gasteiger partial charge is 0.497 e. The highest BCUT2D eigenvalue weighted by molar-refractivity contribution is 6.53. The Labute approximate surface area is 214 Å². The highest BCUT2D eigenvalue weighted by atomic mass is 16.5. The molecule has 0 saturated carbocycles. The zero-order chi connectivity index (χ0) is 26.1. The van der Waals surface area contributed by atoms with Crippen LogP contribution in [0.15, 0.2) is 83.9 Å². The van der Waals surface area contributed by atoms with Crippen LogP contribution >= 0.6 is 0 Å². The quantitative estimate of drug-likeness (QED) is 0.313. The molecule has 2 amide bonds. The number of carbonyl (C=O) groups excluding carboxylic acids is 2. The van der Waals surface area contributed by atoms with Crippen LogP contribution in [-0.4, -0.2) is 28.7 Å². The number of pyridine rings is 1. The number of aryl methyl sites for hydroxylation is 2. The highest BCUT2D eigenvalue weighted by Gasteiger charge is 2.48. The third kappa shape index (κ3) is 4.16. The van der Waals surface area contributed by atoms with Gasteiger partial charge in [-0.15, -0.1) is 0 Å². The number of nitrogens with zero attached hydrogens (tertiary/aromatic N) is 3. The number of ether oxygens (including phenoxy) is 1. The van der Waals surface area contributed by atoms with Gasteiger partial charge in [0.2, 0.25) is 0 Å². The van der Waals surface area contributed by atoms with E-state index in [0.717, 1.165) is 16.9 Å². The van der Waals surface area contributed by atoms with Gasteiger partial charge in [-0.05, 0) is 55.8 Å². The van der Waals surface area contributed by atoms with E-state index >= 15 is 0 Å². The van der Waals surface area contributed by atoms with E-state index in [-0.39, 0.29) is 22.4 Å². The van der Waals surface area contributed by atoms with E-state index in [9.17, 15) is 14.4 Å². The second kappa shape index (κ2) is 9.73. The molecule has 8 nitrogen and oxygen atoms in total. The molecular formula is C29H27N4O4+. The average Bonchev–Trinajstić information content (AvgIpc) is 3.36. The number of nitrogens with one attached hydrogen (secondary N) is 1. The van der Waals surface area contributed by atoms with Crippen LogP contribution in [-0.2, 0) is 16.0 Å². The molecule has 5 rings (SSSR count). The minimum atomic E-state index is -0.548. The Morgan fingerprint density at radius 1 is 0.892 bits per heavy atom. The van der Waals surface area contributed by atoms with Crippen LogP contribution in [0.25, 0.3) is 17.0 Å². The lowest BCUT2D eigenvalue weighted by molar-refractivity contribution is -0.577. The molecule has 2 aromatic carbocycles. The maximum Gasteiger partial charge on any atom is 0.331 e. The minimum Gasteiger partial charge on any atom is -0.497 e. The van der Waals surface area contributed by atoms with Crippen molar-refractivity contribution < 1.29 is 18.9 Å². The molecular weight excluding hydrogens is 468 g/mol. The zero-order valence-electron chi connectivity index (χ0n) is 20.9. The second-order valence-corrected chi connectivity index (χ2v) is 8.85. The highest BCUT2D eigenvalue weighted by Crippen LogP contribution is 2.34. The molecule has 3 heterocycles. The number of carbonyl (C=O) groups is 2. The molecule has 8 heteroatoms. The number of aromatic nitrogens is 3. The first-order chi connectivity index (χ1) is 17.9. The molecule has 0 aliphatic carbocycles. The number of methoxy groups -OCH3 is 1. The van der Waals surface area contributed by atoms with Gasteiger partial charge in [0, 0.05) is 17.3 Å². The molecule has 0 saturated heterocycles. The maximum atomic E-state index is 14.0. The molecule has 0 atom stereocenters. The number of aromatic amines is 1. The fourth-order valence-corrected chi connectivity index (χ4v) is 4.61. The van der Waals surface area contributed by atoms with E-state index in [0.29, 0.717) is 29.2 Å². The molecule has 1 N–H and O–H groups in total. The number of H-pyrrole nitrogens is 1. The van der Waals surface area contributed by atoms with E-state index in [1.54, 1.807) is 54.4 Å². The van der Waals surface area contributed by atoms with E-state index in [2.05, 4.69) is 5.10 Å². The number of para-hydroxylation sites is 1. The normalized spacial score (nSPS) is 13.5. The van der Waals surface area contributed by atoms with Crippen molar-refractivity contribution in [3.63, 3.8) is 0 Å². The predicted molar refractivity (Wildman–Crippen MR) is 140 cm³/mol. The number of imide groups is 1. The van der Waals surface area contributed by atoms with Crippen LogP contribution in [0.4, 0.5) is 5.69 Å². The van der Waals surface area contributed by atoms with E-state index in [1.807, 2.05) is 50.2 Å². The molecule has 37 heavy (non-hydrogen) atoms. The third-order valence-corrected chi connectivity index (χ3v) is 6.33. The monoisotopic (exact) mass is 495 g/mol. The van der Waals surface area contributed by atoms with Crippen LogP contribution in [0.3, 0.4) is 0 Å². The van der Waals surface area contributed by atoms with Gasteiger partial charge < -0.3 is 4.74 Å². The van der Waals surface area contributed by atoms with Crippen molar-refractivity contribution >= 4 is 28.8 Å². The molecule has 1 aliphatic heterocycles. The summed E-state index contributed by atoms with van der Waals surface area (Å²) in [5, 5.41) is 3.19. The Kier molecular flexibility index (Phi) is 6.31. The van der Waals surface area contributed by atoms with Crippen molar-refractivity contribution in [2.75, 3.05) is 12.0 Å². The summed E-state index contributed by atoms with van der Waals surface area (Å²) < 4.78 is 8.29. The Hall–Kier alpha value is -4.72. The molecule has 4 aromatic rings. The Bertz CT molecular complexity index is 1580. The SMILES string of the molecule is CCCc1[nH]n(-c2ccccc2)c(=O)c1C1=C([n+]2cccc(C)c2)C(=O)N(c2ccc(OC)cc2)C1=O. The van der Waals surface area contributed by atoms with Crippen LogP contribution < -0.4 is 19.8 Å². The van der Waals surface area contributed by atoms with E-state index in [1.165, 1.54) is 4.68 Å². The van der Waals surface area contributed by atoms with Crippen LogP contribution in [0.5, 0.6) is 5.75 Å². The smallest absolute Gasteiger partial charge is 0.331 e. The van der Waals surface area contributed by atoms with Crippen molar-refractivity contribution in [2.45, 2.75) is 26.7 Å². The van der Waals surface area contributed by atoms with Gasteiger partial charge in [0.1, 0.15) is 11.3 Å². The molecule has 0 fully saturated rings. The third-order valence-electron chi connectivity index (χ3n) is 6.33. The fraction of sp³-hybridized carbons (Fsp3) is 0.172. The molecule has 0 unspecified atom stereocenters. The summed E-state index contributed by atoms with van der Waals surface area (Å²) in [5.74, 6) is -0.450. The summed E-state index contributed by atoms with van der Waals surface area (Å²) in [4.78, 5) is 42.9. The lowest BCUT2D eigenvalue weighted by Crippen LogP contribution is -2.39. The van der Waals surface area contributed by atoms with Crippen molar-refractivity contribution in [1.29, 1.82) is 0 Å². The first-order valence-corrected chi connectivity index (χ1v) is 12.1. The molecule has 0 spiro atoms. The first-order valence-electron chi connectivity index (χ1n) is 12.1. The van der Waals surface area contributed by atoms with Gasteiger partial charge >= 0.3 is 5.91 Å². The lowest BCUT2D eigenvalue weighted by atomic mass is 10.0. The number of benzene rings is 2. The molecule has 1 aliphatic rings. The summed E-state index contributed by atoms with van der Waals surface area (Å²) in [6.07, 6.45) is 4.77. The van der Waals surface area contributed by atoms with Gasteiger partial charge in [0.05, 0.1) is 24.0 Å². The van der Waals surface area contributed by atoms with Gasteiger partial charge in [0.15, 0.2) is 12.4 Å². The van der Waals surface area contributed by atoms with Crippen molar-refractivity contribution in [3.8, 4) is 11.4 Å². The van der Waals surface area contributed by atoms with Crippen molar-refractivity contribution in [1.82, 2.24) is 9.78 Å². The average molecular weight is 496 g/mol. The number of anilines is 1. The summed E-state index contributed by atoms with van der Waals surface area (Å²) in [6, 6.07) is 19.6. The number of hydrogen-bond donors (Lipinski definition) is 1. The number of rotatable bonds is 7. The van der Waals surface area contributed by atoms with Crippen LogP contribution in [0, 0.1) is 6.92 Å². The minimum absolute atomic E-state index is 0.0794. The number of amides is 2. The molecule has 2 aromatic heterocycles. The van der Waals surface area contributed by atoms with Gasteiger partial charge in [-0.2, -0.15) is 4.57 Å². The van der Waals surface area contributed by atoms with E-state index < -0.39 is 11.8 Å². The molecule has 186 valence electrons. The van der Waals surface area contributed by atoms with Crippen molar-refractivity contribution in [2.24, 2.45) is 0 Å².